The lowest BCUT2D eigenvalue weighted by Gasteiger charge is -2.19. The van der Waals surface area contributed by atoms with E-state index in [1.165, 1.54) is 30.3 Å². The van der Waals surface area contributed by atoms with Gasteiger partial charge in [0.25, 0.3) is 10.0 Å². The number of carboxylic acids is 1. The zero-order valence-electron chi connectivity index (χ0n) is 18.1. The Hall–Kier alpha value is -4.24. The third-order valence-electron chi connectivity index (χ3n) is 5.04. The summed E-state index contributed by atoms with van der Waals surface area (Å²) < 4.78 is 35.3. The van der Waals surface area contributed by atoms with Gasteiger partial charge >= 0.3 is 5.97 Å². The number of allylic oxidation sites excluding steroid dienone is 2. The molecule has 0 unspecified atom stereocenters. The minimum atomic E-state index is -4.18. The second-order valence-corrected chi connectivity index (χ2v) is 8.90. The van der Waals surface area contributed by atoms with Crippen molar-refractivity contribution in [1.29, 1.82) is 0 Å². The Labute approximate surface area is 196 Å². The first kappa shape index (κ1) is 22.9. The molecule has 0 bridgehead atoms. The molecule has 0 heterocycles. The number of carbonyl (C=O) groups is 2. The van der Waals surface area contributed by atoms with Crippen molar-refractivity contribution in [3.8, 4) is 5.75 Å². The van der Waals surface area contributed by atoms with E-state index in [0.29, 0.717) is 29.2 Å². The van der Waals surface area contributed by atoms with Crippen LogP contribution < -0.4 is 10.1 Å². The molecule has 0 radical (unpaired) electrons. The van der Waals surface area contributed by atoms with Crippen LogP contribution in [-0.2, 0) is 10.0 Å². The molecule has 0 fully saturated rings. The summed E-state index contributed by atoms with van der Waals surface area (Å²) in [6, 6.07) is 18.4. The first-order chi connectivity index (χ1) is 16.3. The molecule has 3 aromatic carbocycles. The van der Waals surface area contributed by atoms with Crippen molar-refractivity contribution in [2.75, 3.05) is 11.9 Å². The Balaban J connectivity index is 1.73. The van der Waals surface area contributed by atoms with Crippen LogP contribution in [0.1, 0.15) is 33.2 Å². The fraction of sp³-hybridized carbons (Fsp3) is 0.0800. The largest absolute Gasteiger partial charge is 0.494 e. The maximum absolute atomic E-state index is 13.1. The SMILES string of the molecule is CCOc1ccc(NC2=CC(=NS(=O)(=O)c3ccc(C(=O)O)cc3)c3ccccc3C2=O)cc1. The van der Waals surface area contributed by atoms with E-state index >= 15 is 0 Å². The van der Waals surface area contributed by atoms with Crippen LogP contribution >= 0.6 is 0 Å². The number of hydrogen-bond acceptors (Lipinski definition) is 6. The first-order valence-electron chi connectivity index (χ1n) is 10.3. The lowest BCUT2D eigenvalue weighted by molar-refractivity contribution is 0.0696. The fourth-order valence-electron chi connectivity index (χ4n) is 3.41. The summed E-state index contributed by atoms with van der Waals surface area (Å²) in [5, 5.41) is 12.1. The molecule has 0 atom stereocenters. The van der Waals surface area contributed by atoms with Crippen molar-refractivity contribution in [2.24, 2.45) is 4.40 Å². The summed E-state index contributed by atoms with van der Waals surface area (Å²) in [6.07, 6.45) is 1.39. The Bertz CT molecular complexity index is 1420. The monoisotopic (exact) mass is 476 g/mol. The average molecular weight is 477 g/mol. The van der Waals surface area contributed by atoms with Gasteiger partial charge in [-0.25, -0.2) is 4.79 Å². The molecule has 4 rings (SSSR count). The van der Waals surface area contributed by atoms with Crippen molar-refractivity contribution < 1.29 is 27.9 Å². The number of anilines is 1. The molecule has 0 saturated carbocycles. The predicted molar refractivity (Wildman–Crippen MR) is 127 cm³/mol. The number of sulfonamides is 1. The van der Waals surface area contributed by atoms with E-state index in [4.69, 9.17) is 9.84 Å². The van der Waals surface area contributed by atoms with Gasteiger partial charge in [-0.2, -0.15) is 12.8 Å². The number of nitrogens with zero attached hydrogens (tertiary/aromatic N) is 1. The lowest BCUT2D eigenvalue weighted by atomic mass is 9.92. The molecule has 34 heavy (non-hydrogen) atoms. The van der Waals surface area contributed by atoms with Crippen LogP contribution in [0.15, 0.2) is 93.9 Å². The van der Waals surface area contributed by atoms with Crippen LogP contribution in [0.25, 0.3) is 0 Å². The normalized spacial score (nSPS) is 14.3. The van der Waals surface area contributed by atoms with Crippen LogP contribution in [0.2, 0.25) is 0 Å². The molecule has 0 amide bonds. The maximum atomic E-state index is 13.1. The third-order valence-corrected chi connectivity index (χ3v) is 6.34. The molecule has 0 saturated heterocycles. The second-order valence-electron chi connectivity index (χ2n) is 7.30. The van der Waals surface area contributed by atoms with Crippen LogP contribution in [0.3, 0.4) is 0 Å². The van der Waals surface area contributed by atoms with Gasteiger partial charge in [-0.15, -0.1) is 0 Å². The molecule has 0 spiro atoms. The number of carboxylic acid groups (broad SMARTS) is 1. The minimum absolute atomic E-state index is 0.0399. The highest BCUT2D eigenvalue weighted by molar-refractivity contribution is 7.90. The summed E-state index contributed by atoms with van der Waals surface area (Å²) in [7, 11) is -4.18. The highest BCUT2D eigenvalue weighted by Crippen LogP contribution is 2.26. The summed E-state index contributed by atoms with van der Waals surface area (Å²) in [5.74, 6) is -0.779. The number of aromatic carboxylic acids is 1. The van der Waals surface area contributed by atoms with E-state index in [9.17, 15) is 18.0 Å². The number of carbonyl (C=O) groups excluding carboxylic acids is 1. The van der Waals surface area contributed by atoms with E-state index in [2.05, 4.69) is 9.71 Å². The molecule has 9 heteroatoms. The number of benzene rings is 3. The topological polar surface area (TPSA) is 122 Å². The van der Waals surface area contributed by atoms with Crippen LogP contribution in [0.5, 0.6) is 5.75 Å². The number of Topliss-reactive ketones (excluding diaryl/α,β-unsaturated/α-hetero) is 1. The van der Waals surface area contributed by atoms with Crippen LogP contribution in [0.4, 0.5) is 5.69 Å². The maximum Gasteiger partial charge on any atom is 0.335 e. The molecule has 172 valence electrons. The lowest BCUT2D eigenvalue weighted by Crippen LogP contribution is -2.22. The van der Waals surface area contributed by atoms with Gasteiger partial charge in [0.2, 0.25) is 5.78 Å². The summed E-state index contributed by atoms with van der Waals surface area (Å²) in [4.78, 5) is 24.0. The zero-order valence-corrected chi connectivity index (χ0v) is 18.9. The van der Waals surface area contributed by atoms with E-state index in [-0.39, 0.29) is 27.7 Å². The molecular formula is C25H20N2O6S. The number of rotatable bonds is 7. The van der Waals surface area contributed by atoms with Crippen molar-refractivity contribution in [1.82, 2.24) is 0 Å². The molecule has 0 aromatic heterocycles. The van der Waals surface area contributed by atoms with Crippen molar-refractivity contribution in [3.05, 3.63) is 101 Å². The van der Waals surface area contributed by atoms with E-state index < -0.39 is 16.0 Å². The summed E-state index contributed by atoms with van der Waals surface area (Å²) in [5.41, 5.74) is 1.53. The molecule has 1 aliphatic carbocycles. The summed E-state index contributed by atoms with van der Waals surface area (Å²) >= 11 is 0. The van der Waals surface area contributed by atoms with Crippen molar-refractivity contribution >= 4 is 33.2 Å². The van der Waals surface area contributed by atoms with Gasteiger partial charge in [0, 0.05) is 16.8 Å². The molecule has 1 aliphatic rings. The Morgan fingerprint density at radius 1 is 0.971 bits per heavy atom. The number of hydrogen-bond donors (Lipinski definition) is 2. The molecule has 0 aliphatic heterocycles. The van der Waals surface area contributed by atoms with Gasteiger partial charge in [-0.3, -0.25) is 4.79 Å². The summed E-state index contributed by atoms with van der Waals surface area (Å²) in [6.45, 7) is 2.41. The molecule has 2 N–H and O–H groups in total. The standard InChI is InChI=1S/C25H20N2O6S/c1-2-33-18-11-9-17(10-12-18)26-23-15-22(20-5-3-4-6-21(20)24(23)28)27-34(31,32)19-13-7-16(8-14-19)25(29)30/h3-15,26H,2H2,1H3,(H,29,30). The molecule has 8 nitrogen and oxygen atoms in total. The highest BCUT2D eigenvalue weighted by atomic mass is 32.2. The predicted octanol–water partition coefficient (Wildman–Crippen LogP) is 4.15. The van der Waals surface area contributed by atoms with Crippen LogP contribution in [0, 0.1) is 0 Å². The second kappa shape index (κ2) is 9.32. The fourth-order valence-corrected chi connectivity index (χ4v) is 4.40. The van der Waals surface area contributed by atoms with Gasteiger partial charge in [-0.1, -0.05) is 24.3 Å². The van der Waals surface area contributed by atoms with E-state index in [1.807, 2.05) is 6.92 Å². The molecule has 3 aromatic rings. The number of ether oxygens (including phenoxy) is 1. The Kier molecular flexibility index (Phi) is 6.29. The number of ketones is 1. The van der Waals surface area contributed by atoms with Gasteiger partial charge in [0.1, 0.15) is 5.75 Å². The Morgan fingerprint density at radius 3 is 2.24 bits per heavy atom. The van der Waals surface area contributed by atoms with Crippen molar-refractivity contribution in [3.63, 3.8) is 0 Å². The van der Waals surface area contributed by atoms with Gasteiger partial charge < -0.3 is 15.2 Å². The number of nitrogens with one attached hydrogen (secondary N) is 1. The van der Waals surface area contributed by atoms with Crippen LogP contribution in [-0.4, -0.2) is 37.6 Å². The van der Waals surface area contributed by atoms with Gasteiger partial charge in [-0.05, 0) is 61.5 Å². The highest BCUT2D eigenvalue weighted by Gasteiger charge is 2.26. The van der Waals surface area contributed by atoms with E-state index in [0.717, 1.165) is 0 Å². The van der Waals surface area contributed by atoms with Gasteiger partial charge in [0.05, 0.1) is 28.5 Å². The average Bonchev–Trinajstić information content (AvgIpc) is 2.83. The zero-order chi connectivity index (χ0) is 24.3. The van der Waals surface area contributed by atoms with Crippen molar-refractivity contribution in [2.45, 2.75) is 11.8 Å². The number of fused-ring (bicyclic) bond motifs is 1. The van der Waals surface area contributed by atoms with E-state index in [1.54, 1.807) is 48.5 Å². The Morgan fingerprint density at radius 2 is 1.62 bits per heavy atom. The molecular weight excluding hydrogens is 456 g/mol. The quantitative estimate of drug-likeness (QED) is 0.525. The third kappa shape index (κ3) is 4.74. The first-order valence-corrected chi connectivity index (χ1v) is 11.8. The van der Waals surface area contributed by atoms with Gasteiger partial charge in [0.15, 0.2) is 0 Å². The smallest absolute Gasteiger partial charge is 0.335 e. The minimum Gasteiger partial charge on any atom is -0.494 e.